The summed E-state index contributed by atoms with van der Waals surface area (Å²) < 4.78 is 34.5. The molecule has 0 aliphatic rings. The summed E-state index contributed by atoms with van der Waals surface area (Å²) in [6, 6.07) is 0. The van der Waals surface area contributed by atoms with E-state index in [9.17, 15) is 18.1 Å². The molecule has 2 atom stereocenters. The SMILES string of the molecule is CCCCCCCCCC(O)CCCC(CCCCCCCCC)S(=O)(=O)[O-].[Na+]. The summed E-state index contributed by atoms with van der Waals surface area (Å²) in [5, 5.41) is 9.33. The minimum Gasteiger partial charge on any atom is -0.748 e. The molecule has 0 saturated heterocycles. The number of unbranched alkanes of at least 4 members (excludes halogenated alkanes) is 12. The molecule has 170 valence electrons. The van der Waals surface area contributed by atoms with Gasteiger partial charge in [0.05, 0.1) is 16.2 Å². The van der Waals surface area contributed by atoms with E-state index >= 15 is 0 Å². The second-order valence-electron chi connectivity index (χ2n) is 8.52. The van der Waals surface area contributed by atoms with E-state index in [4.69, 9.17) is 0 Å². The van der Waals surface area contributed by atoms with E-state index in [1.165, 1.54) is 57.8 Å². The van der Waals surface area contributed by atoms with E-state index in [1.807, 2.05) is 0 Å². The Bertz CT molecular complexity index is 429. The van der Waals surface area contributed by atoms with E-state index in [0.29, 0.717) is 25.7 Å². The van der Waals surface area contributed by atoms with Crippen LogP contribution < -0.4 is 29.6 Å². The monoisotopic (exact) mass is 442 g/mol. The Balaban J connectivity index is 0. The minimum absolute atomic E-state index is 0. The van der Waals surface area contributed by atoms with E-state index in [-0.39, 0.29) is 35.7 Å². The summed E-state index contributed by atoms with van der Waals surface area (Å²) in [6.07, 6.45) is 19.0. The van der Waals surface area contributed by atoms with Crippen molar-refractivity contribution < 1.29 is 47.6 Å². The molecule has 1 N–H and O–H groups in total. The van der Waals surface area contributed by atoms with Gasteiger partial charge in [0.15, 0.2) is 0 Å². The van der Waals surface area contributed by atoms with Gasteiger partial charge in [-0.05, 0) is 32.1 Å². The van der Waals surface area contributed by atoms with Gasteiger partial charge in [-0.1, -0.05) is 104 Å². The Morgan fingerprint density at radius 1 is 0.621 bits per heavy atom. The molecule has 6 heteroatoms. The number of aliphatic hydroxyl groups excluding tert-OH is 1. The molecule has 0 aromatic heterocycles. The summed E-state index contributed by atoms with van der Waals surface area (Å²) in [7, 11) is -4.23. The Kier molecular flexibility index (Phi) is 24.4. The maximum atomic E-state index is 11.5. The third kappa shape index (κ3) is 21.9. The summed E-state index contributed by atoms with van der Waals surface area (Å²) in [6.45, 7) is 4.41. The summed E-state index contributed by atoms with van der Waals surface area (Å²) in [4.78, 5) is 0. The van der Waals surface area contributed by atoms with Crippen molar-refractivity contribution >= 4 is 10.1 Å². The summed E-state index contributed by atoms with van der Waals surface area (Å²) in [5.41, 5.74) is 0. The molecule has 0 bridgehead atoms. The van der Waals surface area contributed by atoms with Crippen LogP contribution in [0.25, 0.3) is 0 Å². The van der Waals surface area contributed by atoms with Crippen molar-refractivity contribution in [2.24, 2.45) is 0 Å². The van der Waals surface area contributed by atoms with Crippen LogP contribution in [0.4, 0.5) is 0 Å². The molecule has 0 heterocycles. The molecule has 29 heavy (non-hydrogen) atoms. The molecule has 0 aliphatic heterocycles. The molecule has 0 spiro atoms. The van der Waals surface area contributed by atoms with Crippen LogP contribution in [0.3, 0.4) is 0 Å². The molecule has 0 aromatic carbocycles. The topological polar surface area (TPSA) is 77.4 Å². The van der Waals surface area contributed by atoms with Gasteiger partial charge in [-0.25, -0.2) is 8.42 Å². The first-order valence-corrected chi connectivity index (χ1v) is 13.5. The summed E-state index contributed by atoms with van der Waals surface area (Å²) >= 11 is 0. The van der Waals surface area contributed by atoms with Crippen LogP contribution in [0.1, 0.15) is 136 Å². The van der Waals surface area contributed by atoms with Gasteiger partial charge >= 0.3 is 29.6 Å². The average Bonchev–Trinajstić information content (AvgIpc) is 2.64. The van der Waals surface area contributed by atoms with Crippen LogP contribution >= 0.6 is 0 Å². The van der Waals surface area contributed by atoms with Gasteiger partial charge in [-0.2, -0.15) is 0 Å². The van der Waals surface area contributed by atoms with Crippen LogP contribution in [0.2, 0.25) is 0 Å². The quantitative estimate of drug-likeness (QED) is 0.167. The Labute approximate surface area is 204 Å². The van der Waals surface area contributed by atoms with Crippen molar-refractivity contribution in [3.05, 3.63) is 0 Å². The number of aliphatic hydroxyl groups is 1. The molecule has 0 rings (SSSR count). The molecule has 0 fully saturated rings. The van der Waals surface area contributed by atoms with E-state index in [1.54, 1.807) is 0 Å². The second-order valence-corrected chi connectivity index (χ2v) is 10.2. The maximum absolute atomic E-state index is 11.5. The van der Waals surface area contributed by atoms with Crippen molar-refractivity contribution in [1.82, 2.24) is 0 Å². The molecule has 4 nitrogen and oxygen atoms in total. The van der Waals surface area contributed by atoms with E-state index < -0.39 is 15.4 Å². The zero-order chi connectivity index (χ0) is 21.1. The second kappa shape index (κ2) is 22.1. The molecule has 0 radical (unpaired) electrons. The van der Waals surface area contributed by atoms with Gasteiger partial charge in [-0.15, -0.1) is 0 Å². The average molecular weight is 443 g/mol. The molecular formula is C23H47NaO4S. The van der Waals surface area contributed by atoms with Gasteiger partial charge in [0.1, 0.15) is 0 Å². The first-order chi connectivity index (χ1) is 13.4. The van der Waals surface area contributed by atoms with Gasteiger partial charge in [-0.3, -0.25) is 0 Å². The predicted molar refractivity (Wildman–Crippen MR) is 119 cm³/mol. The Morgan fingerprint density at radius 2 is 0.966 bits per heavy atom. The van der Waals surface area contributed by atoms with Crippen LogP contribution in [0.5, 0.6) is 0 Å². The van der Waals surface area contributed by atoms with Crippen molar-refractivity contribution in [3.63, 3.8) is 0 Å². The molecule has 0 aromatic rings. The van der Waals surface area contributed by atoms with Crippen molar-refractivity contribution in [1.29, 1.82) is 0 Å². The van der Waals surface area contributed by atoms with Gasteiger partial charge in [0.2, 0.25) is 0 Å². The largest absolute Gasteiger partial charge is 1.00 e. The van der Waals surface area contributed by atoms with Crippen molar-refractivity contribution in [2.75, 3.05) is 0 Å². The number of hydrogen-bond acceptors (Lipinski definition) is 4. The fraction of sp³-hybridized carbons (Fsp3) is 1.00. The zero-order valence-electron chi connectivity index (χ0n) is 19.7. The van der Waals surface area contributed by atoms with Crippen molar-refractivity contribution in [3.8, 4) is 0 Å². The van der Waals surface area contributed by atoms with E-state index in [2.05, 4.69) is 13.8 Å². The van der Waals surface area contributed by atoms with Crippen molar-refractivity contribution in [2.45, 2.75) is 147 Å². The number of hydrogen-bond donors (Lipinski definition) is 1. The van der Waals surface area contributed by atoms with Crippen LogP contribution in [-0.4, -0.2) is 29.4 Å². The smallest absolute Gasteiger partial charge is 0.748 e. The molecule has 2 unspecified atom stereocenters. The van der Waals surface area contributed by atoms with Crippen LogP contribution in [-0.2, 0) is 10.1 Å². The van der Waals surface area contributed by atoms with Crippen LogP contribution in [0, 0.1) is 0 Å². The standard InChI is InChI=1S/C23H48O4S.Na/c1-3-5-7-9-11-13-15-18-22(24)19-17-21-23(28(25,26)27)20-16-14-12-10-8-6-4-2;/h22-24H,3-21H2,1-2H3,(H,25,26,27);/q;+1/p-1. The predicted octanol–water partition coefficient (Wildman–Crippen LogP) is 3.72. The first kappa shape index (κ1) is 32.1. The third-order valence-corrected chi connectivity index (χ3v) is 7.03. The van der Waals surface area contributed by atoms with E-state index in [0.717, 1.165) is 38.5 Å². The molecular weight excluding hydrogens is 395 g/mol. The van der Waals surface area contributed by atoms with Gasteiger partial charge in [0.25, 0.3) is 0 Å². The normalized spacial score (nSPS) is 13.8. The fourth-order valence-electron chi connectivity index (χ4n) is 3.82. The maximum Gasteiger partial charge on any atom is 1.00 e. The minimum atomic E-state index is -4.23. The molecule has 0 aliphatic carbocycles. The number of rotatable bonds is 21. The third-order valence-electron chi connectivity index (χ3n) is 5.74. The fourth-order valence-corrected chi connectivity index (χ4v) is 4.74. The molecule has 0 amide bonds. The van der Waals surface area contributed by atoms with Gasteiger partial charge in [0, 0.05) is 5.25 Å². The Morgan fingerprint density at radius 3 is 1.41 bits per heavy atom. The van der Waals surface area contributed by atoms with Crippen LogP contribution in [0.15, 0.2) is 0 Å². The zero-order valence-corrected chi connectivity index (χ0v) is 22.5. The molecule has 0 saturated carbocycles. The Hall–Kier alpha value is 0.870. The first-order valence-electron chi connectivity index (χ1n) is 12.0. The summed E-state index contributed by atoms with van der Waals surface area (Å²) in [5.74, 6) is 0. The van der Waals surface area contributed by atoms with Gasteiger partial charge < -0.3 is 9.66 Å².